The molecule has 2 aliphatic heterocycles. The van der Waals surface area contributed by atoms with Crippen LogP contribution in [0.3, 0.4) is 0 Å². The summed E-state index contributed by atoms with van der Waals surface area (Å²) in [6.07, 6.45) is 4.08. The van der Waals surface area contributed by atoms with Crippen LogP contribution >= 0.6 is 0 Å². The van der Waals surface area contributed by atoms with Crippen LogP contribution in [0.1, 0.15) is 43.4 Å². The molecule has 2 saturated heterocycles. The third kappa shape index (κ3) is 4.65. The number of aryl methyl sites for hydroxylation is 1. The minimum absolute atomic E-state index is 0.101. The second-order valence-corrected chi connectivity index (χ2v) is 13.3. The number of hydrogen-bond donors (Lipinski definition) is 1. The van der Waals surface area contributed by atoms with Crippen LogP contribution in [0.4, 0.5) is 14.6 Å². The summed E-state index contributed by atoms with van der Waals surface area (Å²) in [5.74, 6) is -0.699. The summed E-state index contributed by atoms with van der Waals surface area (Å²) in [6.45, 7) is 11.0. The number of halogens is 2. The minimum Gasteiger partial charge on any atom is -0.351 e. The molecule has 2 aliphatic rings. The van der Waals surface area contributed by atoms with Crippen LogP contribution in [0.25, 0.3) is 44.0 Å². The largest absolute Gasteiger partial charge is 0.351 e. The van der Waals surface area contributed by atoms with Crippen molar-refractivity contribution < 1.29 is 13.6 Å². The Balaban J connectivity index is 1.45. The third-order valence-corrected chi connectivity index (χ3v) is 10.3. The normalized spacial score (nSPS) is 19.5. The van der Waals surface area contributed by atoms with Gasteiger partial charge in [0.15, 0.2) is 17.2 Å². The van der Waals surface area contributed by atoms with Gasteiger partial charge in [-0.1, -0.05) is 11.8 Å². The van der Waals surface area contributed by atoms with Crippen molar-refractivity contribution in [3.05, 3.63) is 53.7 Å². The average Bonchev–Trinajstić information content (AvgIpc) is 3.68. The molecule has 5 heterocycles. The Morgan fingerprint density at radius 3 is 2.68 bits per heavy atom. The molecule has 7 rings (SSSR count). The topological polar surface area (TPSA) is 123 Å². The molecule has 3 aromatic heterocycles. The number of nitrogens with zero attached hydrogens (tertiary/aromatic N) is 9. The number of likely N-dealkylation sites (N-methyl/N-ethyl adjacent to an activating group) is 1. The van der Waals surface area contributed by atoms with Crippen molar-refractivity contribution in [2.24, 2.45) is 0 Å². The Labute approximate surface area is 270 Å². The molecule has 2 atom stereocenters. The summed E-state index contributed by atoms with van der Waals surface area (Å²) >= 11 is 0. The molecule has 0 unspecified atom stereocenters. The molecule has 0 aliphatic carbocycles. The summed E-state index contributed by atoms with van der Waals surface area (Å²) in [5, 5.41) is 26.9. The second kappa shape index (κ2) is 11.1. The average molecular weight is 639 g/mol. The maximum absolute atomic E-state index is 17.2. The Hall–Kier alpha value is -4.96. The Bertz CT molecular complexity index is 2140. The van der Waals surface area contributed by atoms with Gasteiger partial charge in [0.1, 0.15) is 16.9 Å². The van der Waals surface area contributed by atoms with Crippen LogP contribution in [0.5, 0.6) is 0 Å². The molecule has 13 heteroatoms. The number of benzene rings is 2. The van der Waals surface area contributed by atoms with Crippen LogP contribution in [0, 0.1) is 36.8 Å². The van der Waals surface area contributed by atoms with E-state index in [1.807, 2.05) is 31.8 Å². The molecule has 0 bridgehead atoms. The van der Waals surface area contributed by atoms with E-state index in [1.165, 1.54) is 12.1 Å². The smallest absolute Gasteiger partial charge is 0.246 e. The first-order chi connectivity index (χ1) is 22.5. The number of hydrogen-bond acceptors (Lipinski definition) is 8. The first-order valence-electron chi connectivity index (χ1n) is 15.7. The number of aromatic nitrogens is 6. The number of amides is 1. The van der Waals surface area contributed by atoms with Gasteiger partial charge in [-0.2, -0.15) is 10.4 Å². The number of pyridine rings is 1. The highest BCUT2D eigenvalue weighted by Crippen LogP contribution is 2.43. The number of piperidine rings is 1. The van der Waals surface area contributed by atoms with Gasteiger partial charge in [-0.15, -0.1) is 5.10 Å². The number of H-pyrrole nitrogens is 1. The van der Waals surface area contributed by atoms with E-state index in [1.54, 1.807) is 18.0 Å². The van der Waals surface area contributed by atoms with Gasteiger partial charge in [-0.3, -0.25) is 9.89 Å². The van der Waals surface area contributed by atoms with E-state index in [-0.39, 0.29) is 41.0 Å². The third-order valence-electron chi connectivity index (χ3n) is 10.3. The Morgan fingerprint density at radius 2 is 1.98 bits per heavy atom. The molecule has 242 valence electrons. The number of carbonyl (C=O) groups excluding carboxylic acids is 1. The number of fused-ring (bicyclic) bond motifs is 4. The van der Waals surface area contributed by atoms with Crippen LogP contribution in [-0.4, -0.2) is 91.2 Å². The van der Waals surface area contributed by atoms with E-state index in [9.17, 15) is 10.1 Å². The summed E-state index contributed by atoms with van der Waals surface area (Å²) in [7, 11) is 4.07. The van der Waals surface area contributed by atoms with Crippen molar-refractivity contribution in [3.8, 4) is 17.2 Å². The maximum atomic E-state index is 17.2. The molecule has 1 amide bonds. The molecule has 2 fully saturated rings. The lowest BCUT2D eigenvalue weighted by Crippen LogP contribution is -2.67. The molecular formula is C34H36F2N10O. The predicted octanol–water partition coefficient (Wildman–Crippen LogP) is 5.19. The molecule has 0 saturated carbocycles. The zero-order chi connectivity index (χ0) is 33.4. The molecule has 47 heavy (non-hydrogen) atoms. The summed E-state index contributed by atoms with van der Waals surface area (Å²) in [4.78, 5) is 23.5. The zero-order valence-electron chi connectivity index (χ0n) is 27.1. The van der Waals surface area contributed by atoms with E-state index in [2.05, 4.69) is 49.9 Å². The molecule has 11 nitrogen and oxygen atoms in total. The monoisotopic (exact) mass is 638 g/mol. The number of anilines is 1. The number of carbonyl (C=O) groups is 1. The molecule has 5 aromatic rings. The van der Waals surface area contributed by atoms with Gasteiger partial charge in [0.2, 0.25) is 5.91 Å². The maximum Gasteiger partial charge on any atom is 0.246 e. The predicted molar refractivity (Wildman–Crippen MR) is 176 cm³/mol. The first-order valence-corrected chi connectivity index (χ1v) is 15.7. The van der Waals surface area contributed by atoms with E-state index in [0.29, 0.717) is 82.3 Å². The van der Waals surface area contributed by atoms with Crippen molar-refractivity contribution >= 4 is 44.6 Å². The number of nitrogens with one attached hydrogen (secondary N) is 1. The number of likely N-dealkylation sites (tertiary alicyclic amines) is 1. The molecule has 2 aromatic carbocycles. The van der Waals surface area contributed by atoms with Crippen molar-refractivity contribution in [3.63, 3.8) is 0 Å². The molecule has 0 radical (unpaired) electrons. The lowest BCUT2D eigenvalue weighted by Gasteiger charge is -2.52. The van der Waals surface area contributed by atoms with E-state index < -0.39 is 11.6 Å². The standard InChI is InChI=1S/C34H36F2N10O/c1-7-26(47)45-11-9-21(13-20(45)8-10-37)46-32-22-12-18(2)27(28-19(3)24(35)14-25-23(28)15-38-40-25)29(36)30(22)39-33(31(32)41-42-46)44-16-34(4,17-44)43(5)6/h7,12,14-15,20-21H,1,8-9,11,13,16-17H2,2-6H3,(H,38,40)/t20-,21+/m1/s1. The number of rotatable bonds is 6. The molecule has 0 spiro atoms. The highest BCUT2D eigenvalue weighted by Gasteiger charge is 2.43. The fraction of sp³-hybridized carbons (Fsp3) is 0.412. The van der Waals surface area contributed by atoms with Crippen LogP contribution in [0.15, 0.2) is 31.0 Å². The van der Waals surface area contributed by atoms with Crippen LogP contribution < -0.4 is 4.90 Å². The van der Waals surface area contributed by atoms with Gasteiger partial charge in [-0.25, -0.2) is 18.4 Å². The van der Waals surface area contributed by atoms with Gasteiger partial charge < -0.3 is 14.7 Å². The van der Waals surface area contributed by atoms with E-state index in [4.69, 9.17) is 4.98 Å². The van der Waals surface area contributed by atoms with Crippen LogP contribution in [-0.2, 0) is 4.79 Å². The summed E-state index contributed by atoms with van der Waals surface area (Å²) in [5.41, 5.74) is 3.35. The lowest BCUT2D eigenvalue weighted by molar-refractivity contribution is -0.130. The van der Waals surface area contributed by atoms with Crippen molar-refractivity contribution in [1.29, 1.82) is 5.26 Å². The van der Waals surface area contributed by atoms with Crippen molar-refractivity contribution in [2.75, 3.05) is 38.6 Å². The van der Waals surface area contributed by atoms with Gasteiger partial charge in [0, 0.05) is 47.6 Å². The Kier molecular flexibility index (Phi) is 7.24. The summed E-state index contributed by atoms with van der Waals surface area (Å²) in [6, 6.07) is 4.94. The lowest BCUT2D eigenvalue weighted by atomic mass is 9.90. The van der Waals surface area contributed by atoms with Crippen molar-refractivity contribution in [2.45, 2.75) is 57.7 Å². The first kappa shape index (κ1) is 30.7. The van der Waals surface area contributed by atoms with Gasteiger partial charge in [-0.05, 0) is 77.0 Å². The highest BCUT2D eigenvalue weighted by molar-refractivity contribution is 6.09. The number of aromatic amines is 1. The van der Waals surface area contributed by atoms with Crippen molar-refractivity contribution in [1.82, 2.24) is 40.0 Å². The van der Waals surface area contributed by atoms with Crippen LogP contribution in [0.2, 0.25) is 0 Å². The fourth-order valence-electron chi connectivity index (χ4n) is 7.34. The second-order valence-electron chi connectivity index (χ2n) is 13.3. The molecular weight excluding hydrogens is 602 g/mol. The van der Waals surface area contributed by atoms with E-state index in [0.717, 1.165) is 0 Å². The highest BCUT2D eigenvalue weighted by atomic mass is 19.1. The fourth-order valence-corrected chi connectivity index (χ4v) is 7.34. The van der Waals surface area contributed by atoms with Gasteiger partial charge >= 0.3 is 0 Å². The van der Waals surface area contributed by atoms with Gasteiger partial charge in [0.25, 0.3) is 0 Å². The van der Waals surface area contributed by atoms with E-state index >= 15 is 8.78 Å². The SMILES string of the molecule is C=CC(=O)N1CC[C@H](n2nnc3c(N4CC(C)(N(C)C)C4)nc4c(F)c(-c5c(C)c(F)cc6[nH]ncc56)c(C)cc4c32)C[C@H]1CC#N. The van der Waals surface area contributed by atoms with Gasteiger partial charge in [0.05, 0.1) is 35.8 Å². The minimum atomic E-state index is -0.559. The summed E-state index contributed by atoms with van der Waals surface area (Å²) < 4.78 is 34.2. The quantitative estimate of drug-likeness (QED) is 0.252. The zero-order valence-corrected chi connectivity index (χ0v) is 27.1. The number of nitriles is 1. The Morgan fingerprint density at radius 1 is 1.21 bits per heavy atom. The molecule has 1 N–H and O–H groups in total.